The molecule has 104 valence electrons. The fourth-order valence-electron chi connectivity index (χ4n) is 2.12. The number of nitrogens with zero attached hydrogens (tertiary/aromatic N) is 2. The lowest BCUT2D eigenvalue weighted by atomic mass is 10.3. The standard InChI is InChI=1S/C15H18N4S/c1-3-14-17-9-11(20-14)8-16-10(2)15-18-12-6-4-5-7-13(12)19-15/h4-7,9-10,16H,3,8H2,1-2H3,(H,18,19). The van der Waals surface area contributed by atoms with E-state index in [9.17, 15) is 0 Å². The second kappa shape index (κ2) is 5.73. The molecule has 0 saturated heterocycles. The van der Waals surface area contributed by atoms with Gasteiger partial charge in [0.2, 0.25) is 0 Å². The number of benzene rings is 1. The number of thiazole rings is 1. The molecule has 20 heavy (non-hydrogen) atoms. The number of H-pyrrole nitrogens is 1. The van der Waals surface area contributed by atoms with Gasteiger partial charge in [-0.25, -0.2) is 9.97 Å². The number of aryl methyl sites for hydroxylation is 1. The molecule has 5 heteroatoms. The molecule has 0 aliphatic carbocycles. The first-order valence-electron chi connectivity index (χ1n) is 6.88. The van der Waals surface area contributed by atoms with Crippen molar-refractivity contribution in [3.05, 3.63) is 46.2 Å². The van der Waals surface area contributed by atoms with Crippen LogP contribution in [0.15, 0.2) is 30.5 Å². The van der Waals surface area contributed by atoms with Gasteiger partial charge in [-0.2, -0.15) is 0 Å². The van der Waals surface area contributed by atoms with E-state index in [4.69, 9.17) is 0 Å². The molecule has 2 aromatic heterocycles. The largest absolute Gasteiger partial charge is 0.341 e. The van der Waals surface area contributed by atoms with E-state index in [0.29, 0.717) is 0 Å². The maximum absolute atomic E-state index is 4.62. The number of hydrogen-bond acceptors (Lipinski definition) is 4. The highest BCUT2D eigenvalue weighted by Crippen LogP contribution is 2.17. The number of para-hydroxylation sites is 2. The predicted octanol–water partition coefficient (Wildman–Crippen LogP) is 3.43. The third kappa shape index (κ3) is 2.73. The van der Waals surface area contributed by atoms with Crippen molar-refractivity contribution in [1.82, 2.24) is 20.3 Å². The number of imidazole rings is 1. The van der Waals surface area contributed by atoms with Gasteiger partial charge < -0.3 is 10.3 Å². The summed E-state index contributed by atoms with van der Waals surface area (Å²) in [5, 5.41) is 4.68. The molecule has 2 heterocycles. The monoisotopic (exact) mass is 286 g/mol. The van der Waals surface area contributed by atoms with E-state index < -0.39 is 0 Å². The Morgan fingerprint density at radius 2 is 2.20 bits per heavy atom. The molecular weight excluding hydrogens is 268 g/mol. The number of hydrogen-bond donors (Lipinski definition) is 2. The van der Waals surface area contributed by atoms with E-state index in [1.165, 1.54) is 9.88 Å². The Morgan fingerprint density at radius 3 is 2.95 bits per heavy atom. The van der Waals surface area contributed by atoms with E-state index in [2.05, 4.69) is 40.2 Å². The molecule has 0 amide bonds. The van der Waals surface area contributed by atoms with Gasteiger partial charge in [-0.15, -0.1) is 11.3 Å². The van der Waals surface area contributed by atoms with E-state index in [-0.39, 0.29) is 6.04 Å². The van der Waals surface area contributed by atoms with Gasteiger partial charge in [0.05, 0.1) is 22.1 Å². The van der Waals surface area contributed by atoms with Gasteiger partial charge in [0.25, 0.3) is 0 Å². The van der Waals surface area contributed by atoms with Crippen LogP contribution in [0.3, 0.4) is 0 Å². The van der Waals surface area contributed by atoms with Crippen LogP contribution in [0.5, 0.6) is 0 Å². The summed E-state index contributed by atoms with van der Waals surface area (Å²) < 4.78 is 0. The van der Waals surface area contributed by atoms with Gasteiger partial charge in [-0.1, -0.05) is 19.1 Å². The van der Waals surface area contributed by atoms with Crippen molar-refractivity contribution in [1.29, 1.82) is 0 Å². The Labute approximate surface area is 122 Å². The van der Waals surface area contributed by atoms with Crippen LogP contribution < -0.4 is 5.32 Å². The molecule has 3 aromatic rings. The Kier molecular flexibility index (Phi) is 3.80. The van der Waals surface area contributed by atoms with Crippen molar-refractivity contribution in [3.63, 3.8) is 0 Å². The lowest BCUT2D eigenvalue weighted by molar-refractivity contribution is 0.555. The summed E-state index contributed by atoms with van der Waals surface area (Å²) in [6.45, 7) is 5.09. The van der Waals surface area contributed by atoms with Crippen LogP contribution in [0.4, 0.5) is 0 Å². The molecule has 0 spiro atoms. The third-order valence-corrected chi connectivity index (χ3v) is 4.45. The van der Waals surface area contributed by atoms with Crippen LogP contribution >= 0.6 is 11.3 Å². The summed E-state index contributed by atoms with van der Waals surface area (Å²) in [5.41, 5.74) is 2.10. The molecule has 3 rings (SSSR count). The summed E-state index contributed by atoms with van der Waals surface area (Å²) in [6.07, 6.45) is 2.96. The van der Waals surface area contributed by atoms with Crippen molar-refractivity contribution in [2.45, 2.75) is 32.9 Å². The smallest absolute Gasteiger partial charge is 0.124 e. The first-order chi connectivity index (χ1) is 9.76. The summed E-state index contributed by atoms with van der Waals surface area (Å²) in [5.74, 6) is 0.978. The number of aromatic nitrogens is 3. The molecular formula is C15H18N4S. The van der Waals surface area contributed by atoms with Crippen molar-refractivity contribution in [2.75, 3.05) is 0 Å². The molecule has 2 N–H and O–H groups in total. The van der Waals surface area contributed by atoms with Crippen LogP contribution in [-0.2, 0) is 13.0 Å². The SMILES string of the molecule is CCc1ncc(CNC(C)c2nc3ccccc3[nH]2)s1. The van der Waals surface area contributed by atoms with Gasteiger partial charge in [0.15, 0.2) is 0 Å². The lowest BCUT2D eigenvalue weighted by Crippen LogP contribution is -2.18. The fourth-order valence-corrected chi connectivity index (χ4v) is 2.93. The van der Waals surface area contributed by atoms with Gasteiger partial charge in [-0.05, 0) is 25.5 Å². The zero-order valence-electron chi connectivity index (χ0n) is 11.7. The Balaban J connectivity index is 1.67. The molecule has 4 nitrogen and oxygen atoms in total. The summed E-state index contributed by atoms with van der Waals surface area (Å²) >= 11 is 1.77. The van der Waals surface area contributed by atoms with E-state index in [0.717, 1.165) is 29.8 Å². The second-order valence-electron chi connectivity index (χ2n) is 4.82. The summed E-state index contributed by atoms with van der Waals surface area (Å²) in [6, 6.07) is 8.30. The predicted molar refractivity (Wildman–Crippen MR) is 82.8 cm³/mol. The molecule has 0 aliphatic rings. The zero-order chi connectivity index (χ0) is 13.9. The molecule has 0 radical (unpaired) electrons. The average molecular weight is 286 g/mol. The minimum absolute atomic E-state index is 0.189. The number of nitrogens with one attached hydrogen (secondary N) is 2. The molecule has 0 fully saturated rings. The van der Waals surface area contributed by atoms with Gasteiger partial charge >= 0.3 is 0 Å². The molecule has 1 atom stereocenters. The van der Waals surface area contributed by atoms with Crippen LogP contribution in [0.1, 0.15) is 35.6 Å². The molecule has 1 aromatic carbocycles. The number of fused-ring (bicyclic) bond motifs is 1. The Hall–Kier alpha value is -1.72. The zero-order valence-corrected chi connectivity index (χ0v) is 12.5. The lowest BCUT2D eigenvalue weighted by Gasteiger charge is -2.09. The highest BCUT2D eigenvalue weighted by Gasteiger charge is 2.10. The number of rotatable bonds is 5. The normalized spacial score (nSPS) is 12.9. The Bertz CT molecular complexity index is 668. The topological polar surface area (TPSA) is 53.6 Å². The van der Waals surface area contributed by atoms with Crippen molar-refractivity contribution < 1.29 is 0 Å². The van der Waals surface area contributed by atoms with Crippen LogP contribution in [0, 0.1) is 0 Å². The van der Waals surface area contributed by atoms with Crippen molar-refractivity contribution in [2.24, 2.45) is 0 Å². The Morgan fingerprint density at radius 1 is 1.35 bits per heavy atom. The molecule has 0 aliphatic heterocycles. The third-order valence-electron chi connectivity index (χ3n) is 3.30. The van der Waals surface area contributed by atoms with Crippen LogP contribution in [0.2, 0.25) is 0 Å². The summed E-state index contributed by atoms with van der Waals surface area (Å²) in [7, 11) is 0. The quantitative estimate of drug-likeness (QED) is 0.755. The average Bonchev–Trinajstić information content (AvgIpc) is 3.10. The van der Waals surface area contributed by atoms with Crippen LogP contribution in [-0.4, -0.2) is 15.0 Å². The van der Waals surface area contributed by atoms with Gasteiger partial charge in [-0.3, -0.25) is 0 Å². The molecule has 0 bridgehead atoms. The molecule has 0 saturated carbocycles. The minimum Gasteiger partial charge on any atom is -0.341 e. The highest BCUT2D eigenvalue weighted by atomic mass is 32.1. The van der Waals surface area contributed by atoms with Gasteiger partial charge in [0.1, 0.15) is 5.82 Å². The maximum atomic E-state index is 4.62. The second-order valence-corrected chi connectivity index (χ2v) is 6.02. The highest BCUT2D eigenvalue weighted by molar-refractivity contribution is 7.11. The first-order valence-corrected chi connectivity index (χ1v) is 7.69. The van der Waals surface area contributed by atoms with Gasteiger partial charge in [0, 0.05) is 17.6 Å². The number of aromatic amines is 1. The first kappa shape index (κ1) is 13.3. The maximum Gasteiger partial charge on any atom is 0.124 e. The van der Waals surface area contributed by atoms with Crippen molar-refractivity contribution >= 4 is 22.4 Å². The summed E-state index contributed by atoms with van der Waals surface area (Å²) in [4.78, 5) is 13.6. The van der Waals surface area contributed by atoms with E-state index in [1.807, 2.05) is 24.4 Å². The van der Waals surface area contributed by atoms with E-state index in [1.54, 1.807) is 11.3 Å². The fraction of sp³-hybridized carbons (Fsp3) is 0.333. The van der Waals surface area contributed by atoms with E-state index >= 15 is 0 Å². The minimum atomic E-state index is 0.189. The van der Waals surface area contributed by atoms with Crippen LogP contribution in [0.25, 0.3) is 11.0 Å². The molecule has 1 unspecified atom stereocenters. The van der Waals surface area contributed by atoms with Crippen molar-refractivity contribution in [3.8, 4) is 0 Å².